The molecule has 0 saturated carbocycles. The largest absolute Gasteiger partial charge is 0.382 e. The van der Waals surface area contributed by atoms with Crippen LogP contribution >= 0.6 is 22.6 Å². The molecule has 5 heteroatoms. The highest BCUT2D eigenvalue weighted by molar-refractivity contribution is 14.1. The van der Waals surface area contributed by atoms with Gasteiger partial charge in [-0.25, -0.2) is 0 Å². The number of hydrogen-bond acceptors (Lipinski definition) is 3. The molecule has 0 fully saturated rings. The second kappa shape index (κ2) is 4.49. The van der Waals surface area contributed by atoms with Gasteiger partial charge in [-0.05, 0) is 39.7 Å². The third kappa shape index (κ3) is 2.21. The highest BCUT2D eigenvalue weighted by Crippen LogP contribution is 2.11. The zero-order chi connectivity index (χ0) is 10.7. The van der Waals surface area contributed by atoms with Crippen LogP contribution < -0.4 is 4.84 Å². The van der Waals surface area contributed by atoms with Crippen LogP contribution in [-0.2, 0) is 0 Å². The van der Waals surface area contributed by atoms with Crippen LogP contribution in [0.5, 0.6) is 0 Å². The van der Waals surface area contributed by atoms with Crippen molar-refractivity contribution >= 4 is 33.6 Å². The van der Waals surface area contributed by atoms with Gasteiger partial charge in [0.15, 0.2) is 6.61 Å². The van der Waals surface area contributed by atoms with Crippen molar-refractivity contribution in [2.75, 3.05) is 6.61 Å². The summed E-state index contributed by atoms with van der Waals surface area (Å²) in [6.07, 6.45) is 0. The molecule has 0 atom stereocenters. The third-order valence-electron chi connectivity index (χ3n) is 1.90. The van der Waals surface area contributed by atoms with Crippen molar-refractivity contribution in [3.05, 3.63) is 23.8 Å². The number of aryl methyl sites for hydroxylation is 1. The van der Waals surface area contributed by atoms with Gasteiger partial charge >= 0.3 is 0 Å². The Morgan fingerprint density at radius 3 is 3.20 bits per heavy atom. The molecule has 2 rings (SSSR count). The molecule has 1 heterocycles. The van der Waals surface area contributed by atoms with Gasteiger partial charge in [0.2, 0.25) is 0 Å². The van der Waals surface area contributed by atoms with Crippen molar-refractivity contribution in [1.29, 1.82) is 0 Å². The molecule has 0 aliphatic rings. The smallest absolute Gasteiger partial charge is 0.178 e. The van der Waals surface area contributed by atoms with Crippen LogP contribution in [0.3, 0.4) is 0 Å². The number of halogens is 1. The molecule has 0 aliphatic carbocycles. The summed E-state index contributed by atoms with van der Waals surface area (Å²) in [5.74, 6) is 2.79. The summed E-state index contributed by atoms with van der Waals surface area (Å²) >= 11 is 1.97. The predicted octanol–water partition coefficient (Wildman–Crippen LogP) is 1.56. The van der Waals surface area contributed by atoms with Crippen molar-refractivity contribution in [3.63, 3.8) is 0 Å². The van der Waals surface area contributed by atoms with Crippen LogP contribution in [0.2, 0.25) is 0 Å². The van der Waals surface area contributed by atoms with Crippen molar-refractivity contribution in [3.8, 4) is 9.85 Å². The Labute approximate surface area is 101 Å². The van der Waals surface area contributed by atoms with E-state index in [4.69, 9.17) is 4.84 Å². The van der Waals surface area contributed by atoms with Gasteiger partial charge in [-0.15, -0.1) is 5.10 Å². The monoisotopic (exact) mass is 313 g/mol. The second-order valence-electron chi connectivity index (χ2n) is 3.00. The number of hydrogen-bond donors (Lipinski definition) is 0. The Balaban J connectivity index is 2.33. The molecular formula is C10H8IN3O. The first-order valence-electron chi connectivity index (χ1n) is 4.35. The van der Waals surface area contributed by atoms with Gasteiger partial charge < -0.3 is 4.84 Å². The summed E-state index contributed by atoms with van der Waals surface area (Å²) in [5.41, 5.74) is 2.84. The minimum absolute atomic E-state index is 0.315. The highest BCUT2D eigenvalue weighted by Gasteiger charge is 2.03. The fourth-order valence-electron chi connectivity index (χ4n) is 1.22. The van der Waals surface area contributed by atoms with E-state index >= 15 is 0 Å². The van der Waals surface area contributed by atoms with E-state index in [0.717, 1.165) is 16.6 Å². The molecule has 0 amide bonds. The topological polar surface area (TPSA) is 39.9 Å². The Morgan fingerprint density at radius 2 is 2.40 bits per heavy atom. The van der Waals surface area contributed by atoms with Gasteiger partial charge in [0.25, 0.3) is 0 Å². The van der Waals surface area contributed by atoms with Crippen LogP contribution in [0.25, 0.3) is 11.0 Å². The molecular weight excluding hydrogens is 305 g/mol. The molecule has 4 nitrogen and oxygen atoms in total. The van der Waals surface area contributed by atoms with Gasteiger partial charge in [-0.3, -0.25) is 0 Å². The van der Waals surface area contributed by atoms with E-state index in [-0.39, 0.29) is 0 Å². The molecule has 15 heavy (non-hydrogen) atoms. The Hall–Kier alpha value is -1.29. The van der Waals surface area contributed by atoms with Crippen molar-refractivity contribution in [1.82, 2.24) is 15.2 Å². The first kappa shape index (κ1) is 10.2. The normalized spacial score (nSPS) is 9.73. The zero-order valence-electron chi connectivity index (χ0n) is 8.07. The second-order valence-corrected chi connectivity index (χ2v) is 3.54. The van der Waals surface area contributed by atoms with E-state index in [1.165, 1.54) is 4.85 Å². The first-order chi connectivity index (χ1) is 7.31. The van der Waals surface area contributed by atoms with Crippen LogP contribution in [0.1, 0.15) is 5.56 Å². The van der Waals surface area contributed by atoms with E-state index in [0.29, 0.717) is 6.61 Å². The number of fused-ring (bicyclic) bond motifs is 1. The average Bonchev–Trinajstić information content (AvgIpc) is 2.62. The lowest BCUT2D eigenvalue weighted by molar-refractivity contribution is 0.114. The molecule has 0 spiro atoms. The fraction of sp³-hybridized carbons (Fsp3) is 0.200. The minimum atomic E-state index is 0.315. The third-order valence-corrected chi connectivity index (χ3v) is 2.28. The van der Waals surface area contributed by atoms with Gasteiger partial charge in [-0.2, -0.15) is 0 Å². The summed E-state index contributed by atoms with van der Waals surface area (Å²) in [6.45, 7) is 2.33. The average molecular weight is 313 g/mol. The van der Waals surface area contributed by atoms with Crippen LogP contribution in [0, 0.1) is 16.8 Å². The molecule has 0 bridgehead atoms. The Morgan fingerprint density at radius 1 is 1.53 bits per heavy atom. The zero-order valence-corrected chi connectivity index (χ0v) is 10.2. The van der Waals surface area contributed by atoms with Gasteiger partial charge in [0.1, 0.15) is 11.0 Å². The van der Waals surface area contributed by atoms with Crippen LogP contribution in [-0.4, -0.2) is 21.8 Å². The van der Waals surface area contributed by atoms with Crippen LogP contribution in [0.15, 0.2) is 18.2 Å². The summed E-state index contributed by atoms with van der Waals surface area (Å²) in [6, 6.07) is 5.89. The Kier molecular flexibility index (Phi) is 3.06. The highest BCUT2D eigenvalue weighted by atomic mass is 127. The lowest BCUT2D eigenvalue weighted by Gasteiger charge is -2.00. The van der Waals surface area contributed by atoms with E-state index in [9.17, 15) is 0 Å². The number of benzene rings is 1. The number of rotatable bonds is 2. The van der Waals surface area contributed by atoms with Gasteiger partial charge in [-0.1, -0.05) is 10.9 Å². The molecule has 0 saturated heterocycles. The van der Waals surface area contributed by atoms with E-state index in [1.54, 1.807) is 0 Å². The van der Waals surface area contributed by atoms with Crippen LogP contribution in [0.4, 0.5) is 0 Å². The maximum atomic E-state index is 5.32. The predicted molar refractivity (Wildman–Crippen MR) is 65.5 cm³/mol. The summed E-state index contributed by atoms with van der Waals surface area (Å²) < 4.78 is 2.72. The molecule has 1 aromatic heterocycles. The van der Waals surface area contributed by atoms with Crippen molar-refractivity contribution in [2.45, 2.75) is 6.92 Å². The fourth-order valence-corrected chi connectivity index (χ4v) is 1.38. The number of aromatic nitrogens is 3. The molecule has 76 valence electrons. The lowest BCUT2D eigenvalue weighted by atomic mass is 10.2. The molecule has 1 aromatic carbocycles. The first-order valence-corrected chi connectivity index (χ1v) is 5.43. The van der Waals surface area contributed by atoms with Gasteiger partial charge in [0, 0.05) is 22.6 Å². The minimum Gasteiger partial charge on any atom is -0.382 e. The molecule has 0 radical (unpaired) electrons. The number of nitrogens with zero attached hydrogens (tertiary/aromatic N) is 3. The molecule has 0 aliphatic heterocycles. The summed E-state index contributed by atoms with van der Waals surface area (Å²) in [7, 11) is 0. The van der Waals surface area contributed by atoms with Crippen molar-refractivity contribution < 1.29 is 4.84 Å². The molecule has 0 unspecified atom stereocenters. The maximum Gasteiger partial charge on any atom is 0.178 e. The van der Waals surface area contributed by atoms with Crippen molar-refractivity contribution in [2.24, 2.45) is 0 Å². The summed E-state index contributed by atoms with van der Waals surface area (Å²) in [4.78, 5) is 6.73. The molecule has 2 aromatic rings. The van der Waals surface area contributed by atoms with Gasteiger partial charge in [0.05, 0.1) is 0 Å². The molecule has 0 N–H and O–H groups in total. The standard InChI is InChI=1S/C10H8IN3O/c1-8-3-4-9-10(7-8)14(13-12-9)15-6-2-5-11/h3-4,7H,6H2,1H3. The maximum absolute atomic E-state index is 5.32. The van der Waals surface area contributed by atoms with E-state index < -0.39 is 0 Å². The SMILES string of the molecule is Cc1ccc2nnn(OCC#CI)c2c1. The summed E-state index contributed by atoms with van der Waals surface area (Å²) in [5, 5.41) is 7.86. The van der Waals surface area contributed by atoms with E-state index in [1.807, 2.05) is 47.7 Å². The quantitative estimate of drug-likeness (QED) is 0.624. The Bertz CT molecular complexity index is 538. The lowest BCUT2D eigenvalue weighted by Crippen LogP contribution is -2.13. The van der Waals surface area contributed by atoms with E-state index in [2.05, 4.69) is 20.2 Å².